The summed E-state index contributed by atoms with van der Waals surface area (Å²) in [6.07, 6.45) is 4.28. The van der Waals surface area contributed by atoms with Gasteiger partial charge in [-0.2, -0.15) is 0 Å². The van der Waals surface area contributed by atoms with E-state index in [0.717, 1.165) is 51.3 Å². The lowest BCUT2D eigenvalue weighted by Gasteiger charge is -2.21. The van der Waals surface area contributed by atoms with E-state index in [1.54, 1.807) is 24.3 Å². The van der Waals surface area contributed by atoms with Crippen molar-refractivity contribution in [1.82, 2.24) is 15.5 Å². The summed E-state index contributed by atoms with van der Waals surface area (Å²) in [5, 5.41) is 9.18. The SMILES string of the molecule is O=C(NCCN1CCCC1)c1ccc(NC(=O)C2CCNCC2)cc1. The fourth-order valence-corrected chi connectivity index (χ4v) is 3.47. The zero-order valence-electron chi connectivity index (χ0n) is 14.7. The molecule has 25 heavy (non-hydrogen) atoms. The quantitative estimate of drug-likeness (QED) is 0.730. The molecule has 0 atom stereocenters. The number of anilines is 1. The van der Waals surface area contributed by atoms with Crippen molar-refractivity contribution in [3.63, 3.8) is 0 Å². The molecule has 6 heteroatoms. The van der Waals surface area contributed by atoms with E-state index < -0.39 is 0 Å². The van der Waals surface area contributed by atoms with Crippen molar-refractivity contribution < 1.29 is 9.59 Å². The minimum Gasteiger partial charge on any atom is -0.351 e. The first-order valence-corrected chi connectivity index (χ1v) is 9.34. The number of likely N-dealkylation sites (tertiary alicyclic amines) is 1. The molecule has 136 valence electrons. The number of hydrogen-bond acceptors (Lipinski definition) is 4. The lowest BCUT2D eigenvalue weighted by molar-refractivity contribution is -0.120. The first-order chi connectivity index (χ1) is 12.2. The Bertz CT molecular complexity index is 576. The Morgan fingerprint density at radius 2 is 1.76 bits per heavy atom. The number of rotatable bonds is 6. The summed E-state index contributed by atoms with van der Waals surface area (Å²) in [5.74, 6) is 0.0922. The number of piperidine rings is 1. The molecule has 0 spiro atoms. The Labute approximate surface area is 149 Å². The standard InChI is InChI=1S/C19H28N4O2/c24-18(21-11-14-23-12-1-2-13-23)15-3-5-17(6-4-15)22-19(25)16-7-9-20-10-8-16/h3-6,16,20H,1-2,7-14H2,(H,21,24)(H,22,25). The van der Waals surface area contributed by atoms with Crippen LogP contribution >= 0.6 is 0 Å². The maximum Gasteiger partial charge on any atom is 0.251 e. The molecule has 2 saturated heterocycles. The largest absolute Gasteiger partial charge is 0.351 e. The third-order valence-corrected chi connectivity index (χ3v) is 5.04. The molecular weight excluding hydrogens is 316 g/mol. The second-order valence-electron chi connectivity index (χ2n) is 6.90. The summed E-state index contributed by atoms with van der Waals surface area (Å²) in [6.45, 7) is 5.66. The minimum absolute atomic E-state index is 0.0598. The molecule has 3 rings (SSSR count). The summed E-state index contributed by atoms with van der Waals surface area (Å²) in [4.78, 5) is 26.8. The molecule has 0 aromatic heterocycles. The normalized spacial score (nSPS) is 18.9. The summed E-state index contributed by atoms with van der Waals surface area (Å²) in [6, 6.07) is 7.13. The Morgan fingerprint density at radius 3 is 2.44 bits per heavy atom. The van der Waals surface area contributed by atoms with Crippen LogP contribution in [0.1, 0.15) is 36.0 Å². The van der Waals surface area contributed by atoms with Crippen molar-refractivity contribution in [2.24, 2.45) is 5.92 Å². The van der Waals surface area contributed by atoms with Gasteiger partial charge in [0.1, 0.15) is 0 Å². The van der Waals surface area contributed by atoms with E-state index >= 15 is 0 Å². The Hall–Kier alpha value is -1.92. The lowest BCUT2D eigenvalue weighted by atomic mass is 9.97. The van der Waals surface area contributed by atoms with Gasteiger partial charge in [0.25, 0.3) is 5.91 Å². The summed E-state index contributed by atoms with van der Waals surface area (Å²) in [7, 11) is 0. The van der Waals surface area contributed by atoms with E-state index in [4.69, 9.17) is 0 Å². The molecule has 0 saturated carbocycles. The van der Waals surface area contributed by atoms with Crippen molar-refractivity contribution >= 4 is 17.5 Å². The van der Waals surface area contributed by atoms with Gasteiger partial charge in [-0.05, 0) is 76.1 Å². The van der Waals surface area contributed by atoms with Gasteiger partial charge in [-0.3, -0.25) is 9.59 Å². The average Bonchev–Trinajstić information content (AvgIpc) is 3.16. The summed E-state index contributed by atoms with van der Waals surface area (Å²) in [5.41, 5.74) is 1.37. The van der Waals surface area contributed by atoms with Crippen LogP contribution in [0.5, 0.6) is 0 Å². The van der Waals surface area contributed by atoms with Gasteiger partial charge in [-0.25, -0.2) is 0 Å². The highest BCUT2D eigenvalue weighted by Gasteiger charge is 2.20. The summed E-state index contributed by atoms with van der Waals surface area (Å²) < 4.78 is 0. The number of benzene rings is 1. The van der Waals surface area contributed by atoms with Gasteiger partial charge in [0.05, 0.1) is 0 Å². The van der Waals surface area contributed by atoms with Crippen LogP contribution < -0.4 is 16.0 Å². The topological polar surface area (TPSA) is 73.5 Å². The molecule has 1 aromatic carbocycles. The van der Waals surface area contributed by atoms with Gasteiger partial charge in [-0.15, -0.1) is 0 Å². The van der Waals surface area contributed by atoms with Crippen LogP contribution in [0, 0.1) is 5.92 Å². The molecular formula is C19H28N4O2. The smallest absolute Gasteiger partial charge is 0.251 e. The van der Waals surface area contributed by atoms with E-state index in [1.165, 1.54) is 12.8 Å². The van der Waals surface area contributed by atoms with Gasteiger partial charge in [0.2, 0.25) is 5.91 Å². The molecule has 0 bridgehead atoms. The van der Waals surface area contributed by atoms with Crippen LogP contribution in [0.3, 0.4) is 0 Å². The highest BCUT2D eigenvalue weighted by atomic mass is 16.2. The number of amides is 2. The predicted molar refractivity (Wildman–Crippen MR) is 98.7 cm³/mol. The molecule has 0 radical (unpaired) electrons. The van der Waals surface area contributed by atoms with Gasteiger partial charge in [0, 0.05) is 30.3 Å². The lowest BCUT2D eigenvalue weighted by Crippen LogP contribution is -2.34. The second kappa shape index (κ2) is 8.97. The van der Waals surface area contributed by atoms with Crippen molar-refractivity contribution in [3.05, 3.63) is 29.8 Å². The molecule has 2 aliphatic heterocycles. The average molecular weight is 344 g/mol. The number of nitrogens with zero attached hydrogens (tertiary/aromatic N) is 1. The highest BCUT2D eigenvalue weighted by molar-refractivity contribution is 5.96. The van der Waals surface area contributed by atoms with Crippen LogP contribution in [0.2, 0.25) is 0 Å². The van der Waals surface area contributed by atoms with E-state index in [2.05, 4.69) is 20.9 Å². The van der Waals surface area contributed by atoms with Gasteiger partial charge in [0.15, 0.2) is 0 Å². The van der Waals surface area contributed by atoms with Crippen molar-refractivity contribution in [3.8, 4) is 0 Å². The van der Waals surface area contributed by atoms with Gasteiger partial charge >= 0.3 is 0 Å². The maximum atomic E-state index is 12.2. The molecule has 0 aliphatic carbocycles. The fraction of sp³-hybridized carbons (Fsp3) is 0.579. The van der Waals surface area contributed by atoms with Crippen molar-refractivity contribution in [1.29, 1.82) is 0 Å². The van der Waals surface area contributed by atoms with Gasteiger partial charge in [-0.1, -0.05) is 0 Å². The third kappa shape index (κ3) is 5.28. The summed E-state index contributed by atoms with van der Waals surface area (Å²) >= 11 is 0. The Kier molecular flexibility index (Phi) is 6.42. The van der Waals surface area contributed by atoms with Crippen molar-refractivity contribution in [2.45, 2.75) is 25.7 Å². The molecule has 3 N–H and O–H groups in total. The predicted octanol–water partition coefficient (Wildman–Crippen LogP) is 1.45. The number of carbonyl (C=O) groups excluding carboxylic acids is 2. The van der Waals surface area contributed by atoms with E-state index in [0.29, 0.717) is 12.1 Å². The zero-order chi connectivity index (χ0) is 17.5. The van der Waals surface area contributed by atoms with Crippen molar-refractivity contribution in [2.75, 3.05) is 44.6 Å². The first-order valence-electron chi connectivity index (χ1n) is 9.34. The monoisotopic (exact) mass is 344 g/mol. The highest BCUT2D eigenvalue weighted by Crippen LogP contribution is 2.16. The molecule has 2 amide bonds. The number of carbonyl (C=O) groups is 2. The van der Waals surface area contributed by atoms with E-state index in [9.17, 15) is 9.59 Å². The second-order valence-corrected chi connectivity index (χ2v) is 6.90. The van der Waals surface area contributed by atoms with Crippen LogP contribution in [0.4, 0.5) is 5.69 Å². The molecule has 2 heterocycles. The van der Waals surface area contributed by atoms with Crippen LogP contribution in [0.25, 0.3) is 0 Å². The molecule has 6 nitrogen and oxygen atoms in total. The van der Waals surface area contributed by atoms with Crippen LogP contribution in [-0.4, -0.2) is 56.0 Å². The first kappa shape index (κ1) is 17.9. The fourth-order valence-electron chi connectivity index (χ4n) is 3.47. The van der Waals surface area contributed by atoms with Crippen LogP contribution in [-0.2, 0) is 4.79 Å². The number of nitrogens with one attached hydrogen (secondary N) is 3. The third-order valence-electron chi connectivity index (χ3n) is 5.04. The molecule has 2 fully saturated rings. The maximum absolute atomic E-state index is 12.2. The number of hydrogen-bond donors (Lipinski definition) is 3. The minimum atomic E-state index is -0.0598. The Balaban J connectivity index is 1.44. The molecule has 0 unspecified atom stereocenters. The van der Waals surface area contributed by atoms with Crippen LogP contribution in [0.15, 0.2) is 24.3 Å². The zero-order valence-corrected chi connectivity index (χ0v) is 14.7. The van der Waals surface area contributed by atoms with Gasteiger partial charge < -0.3 is 20.9 Å². The van der Waals surface area contributed by atoms with E-state index in [1.807, 2.05) is 0 Å². The molecule has 2 aliphatic rings. The molecule has 1 aromatic rings. The van der Waals surface area contributed by atoms with E-state index in [-0.39, 0.29) is 17.7 Å². The Morgan fingerprint density at radius 1 is 1.08 bits per heavy atom.